The van der Waals surface area contributed by atoms with E-state index < -0.39 is 12.0 Å². The fourth-order valence-corrected chi connectivity index (χ4v) is 1.22. The van der Waals surface area contributed by atoms with E-state index in [0.717, 1.165) is 5.56 Å². The minimum atomic E-state index is -1.05. The third-order valence-electron chi connectivity index (χ3n) is 2.00. The van der Waals surface area contributed by atoms with Gasteiger partial charge in [0.05, 0.1) is 0 Å². The van der Waals surface area contributed by atoms with E-state index in [9.17, 15) is 9.59 Å². The Hall–Kier alpha value is -2.04. The second kappa shape index (κ2) is 5.75. The standard InChI is InChI=1S/C11H14N2O3/c1-13(11(16)12-7-10(14)15)8-9-5-3-2-4-6-9/h2-6H,7-8H2,1H3,(H,12,16)(H,14,15). The van der Waals surface area contributed by atoms with E-state index in [1.165, 1.54) is 4.90 Å². The van der Waals surface area contributed by atoms with Crippen molar-refractivity contribution in [3.05, 3.63) is 35.9 Å². The maximum atomic E-state index is 11.4. The van der Waals surface area contributed by atoms with Crippen LogP contribution in [0.4, 0.5) is 4.79 Å². The number of carbonyl (C=O) groups is 2. The Balaban J connectivity index is 2.43. The summed E-state index contributed by atoms with van der Waals surface area (Å²) in [5, 5.41) is 10.7. The first kappa shape index (κ1) is 12.0. The van der Waals surface area contributed by atoms with Crippen LogP contribution in [0.15, 0.2) is 30.3 Å². The number of hydrogen-bond acceptors (Lipinski definition) is 2. The fraction of sp³-hybridized carbons (Fsp3) is 0.273. The van der Waals surface area contributed by atoms with Crippen LogP contribution in [0.25, 0.3) is 0 Å². The van der Waals surface area contributed by atoms with Gasteiger partial charge in [-0.15, -0.1) is 0 Å². The summed E-state index contributed by atoms with van der Waals surface area (Å²) in [6.45, 7) is 0.0876. The molecule has 5 nitrogen and oxygen atoms in total. The Labute approximate surface area is 93.7 Å². The molecule has 0 spiro atoms. The Bertz CT molecular complexity index is 365. The Morgan fingerprint density at radius 3 is 2.50 bits per heavy atom. The summed E-state index contributed by atoms with van der Waals surface area (Å²) in [5.41, 5.74) is 0.996. The van der Waals surface area contributed by atoms with Gasteiger partial charge in [-0.3, -0.25) is 4.79 Å². The van der Waals surface area contributed by atoms with Crippen LogP contribution >= 0.6 is 0 Å². The molecule has 0 aliphatic heterocycles. The van der Waals surface area contributed by atoms with Gasteiger partial charge in [0.1, 0.15) is 6.54 Å². The summed E-state index contributed by atoms with van der Waals surface area (Å²) in [5.74, 6) is -1.05. The summed E-state index contributed by atoms with van der Waals surface area (Å²) < 4.78 is 0. The largest absolute Gasteiger partial charge is 0.480 e. The number of nitrogens with one attached hydrogen (secondary N) is 1. The van der Waals surface area contributed by atoms with Gasteiger partial charge in [0.15, 0.2) is 0 Å². The molecule has 0 unspecified atom stereocenters. The molecule has 0 atom stereocenters. The van der Waals surface area contributed by atoms with Crippen LogP contribution in [0.5, 0.6) is 0 Å². The van der Waals surface area contributed by atoms with Crippen LogP contribution in [-0.4, -0.2) is 35.6 Å². The van der Waals surface area contributed by atoms with Crippen molar-refractivity contribution in [2.75, 3.05) is 13.6 Å². The normalized spacial score (nSPS) is 9.56. The lowest BCUT2D eigenvalue weighted by Crippen LogP contribution is -2.39. The van der Waals surface area contributed by atoms with Crippen molar-refractivity contribution in [1.82, 2.24) is 10.2 Å². The quantitative estimate of drug-likeness (QED) is 0.795. The smallest absolute Gasteiger partial charge is 0.323 e. The van der Waals surface area contributed by atoms with E-state index in [0.29, 0.717) is 6.54 Å². The SMILES string of the molecule is CN(Cc1ccccc1)C(=O)NCC(=O)O. The minimum absolute atomic E-state index is 0.363. The highest BCUT2D eigenvalue weighted by molar-refractivity contribution is 5.79. The van der Waals surface area contributed by atoms with Gasteiger partial charge in [0.2, 0.25) is 0 Å². The number of amides is 2. The Morgan fingerprint density at radius 1 is 1.31 bits per heavy atom. The minimum Gasteiger partial charge on any atom is -0.480 e. The van der Waals surface area contributed by atoms with Crippen molar-refractivity contribution >= 4 is 12.0 Å². The van der Waals surface area contributed by atoms with Crippen molar-refractivity contribution in [2.45, 2.75) is 6.54 Å². The molecule has 1 aromatic carbocycles. The lowest BCUT2D eigenvalue weighted by atomic mass is 10.2. The zero-order valence-electron chi connectivity index (χ0n) is 9.01. The van der Waals surface area contributed by atoms with Crippen LogP contribution in [0.1, 0.15) is 5.56 Å². The number of carboxylic acids is 1. The van der Waals surface area contributed by atoms with Gasteiger partial charge in [0, 0.05) is 13.6 Å². The van der Waals surface area contributed by atoms with E-state index in [-0.39, 0.29) is 6.54 Å². The van der Waals surface area contributed by atoms with Gasteiger partial charge in [-0.05, 0) is 5.56 Å². The molecule has 5 heteroatoms. The highest BCUT2D eigenvalue weighted by atomic mass is 16.4. The first-order valence-electron chi connectivity index (χ1n) is 4.84. The predicted octanol–water partition coefficient (Wildman–Crippen LogP) is 0.913. The van der Waals surface area contributed by atoms with Gasteiger partial charge in [-0.25, -0.2) is 4.79 Å². The van der Waals surface area contributed by atoms with Crippen LogP contribution < -0.4 is 5.32 Å². The monoisotopic (exact) mass is 222 g/mol. The molecule has 16 heavy (non-hydrogen) atoms. The van der Waals surface area contributed by atoms with Crippen molar-refractivity contribution < 1.29 is 14.7 Å². The number of benzene rings is 1. The molecule has 2 N–H and O–H groups in total. The first-order valence-corrected chi connectivity index (χ1v) is 4.84. The highest BCUT2D eigenvalue weighted by Gasteiger charge is 2.09. The zero-order valence-corrected chi connectivity index (χ0v) is 9.01. The van der Waals surface area contributed by atoms with E-state index >= 15 is 0 Å². The summed E-state index contributed by atoms with van der Waals surface area (Å²) in [6.07, 6.45) is 0. The van der Waals surface area contributed by atoms with Crippen LogP contribution in [-0.2, 0) is 11.3 Å². The molecule has 0 radical (unpaired) electrons. The predicted molar refractivity (Wildman–Crippen MR) is 58.9 cm³/mol. The molecule has 0 aromatic heterocycles. The van der Waals surface area contributed by atoms with Crippen LogP contribution in [0, 0.1) is 0 Å². The summed E-state index contributed by atoms with van der Waals surface area (Å²) >= 11 is 0. The van der Waals surface area contributed by atoms with Crippen LogP contribution in [0.3, 0.4) is 0 Å². The second-order valence-electron chi connectivity index (χ2n) is 3.39. The van der Waals surface area contributed by atoms with Crippen LogP contribution in [0.2, 0.25) is 0 Å². The molecule has 1 aromatic rings. The number of rotatable bonds is 4. The zero-order chi connectivity index (χ0) is 12.0. The van der Waals surface area contributed by atoms with Crippen molar-refractivity contribution in [3.63, 3.8) is 0 Å². The molecule has 0 aliphatic rings. The van der Waals surface area contributed by atoms with Gasteiger partial charge in [-0.2, -0.15) is 0 Å². The summed E-state index contributed by atoms with van der Waals surface area (Å²) in [7, 11) is 1.62. The highest BCUT2D eigenvalue weighted by Crippen LogP contribution is 2.02. The van der Waals surface area contributed by atoms with Gasteiger partial charge in [0.25, 0.3) is 0 Å². The maximum Gasteiger partial charge on any atom is 0.323 e. The molecule has 2 amide bonds. The molecular formula is C11H14N2O3. The van der Waals surface area contributed by atoms with E-state index in [2.05, 4.69) is 5.32 Å². The van der Waals surface area contributed by atoms with Crippen molar-refractivity contribution in [3.8, 4) is 0 Å². The average Bonchev–Trinajstić information content (AvgIpc) is 2.27. The molecule has 0 saturated carbocycles. The summed E-state index contributed by atoms with van der Waals surface area (Å²) in [6, 6.07) is 9.08. The Morgan fingerprint density at radius 2 is 1.94 bits per heavy atom. The molecule has 0 aliphatic carbocycles. The number of aliphatic carboxylic acids is 1. The maximum absolute atomic E-state index is 11.4. The summed E-state index contributed by atoms with van der Waals surface area (Å²) in [4.78, 5) is 23.1. The number of urea groups is 1. The Kier molecular flexibility index (Phi) is 4.32. The molecule has 0 fully saturated rings. The molecule has 1 rings (SSSR count). The van der Waals surface area contributed by atoms with Crippen molar-refractivity contribution in [2.24, 2.45) is 0 Å². The van der Waals surface area contributed by atoms with Gasteiger partial charge in [-0.1, -0.05) is 30.3 Å². The van der Waals surface area contributed by atoms with Crippen molar-refractivity contribution in [1.29, 1.82) is 0 Å². The lowest BCUT2D eigenvalue weighted by Gasteiger charge is -2.17. The molecule has 0 saturated heterocycles. The third kappa shape index (κ3) is 4.00. The number of carbonyl (C=O) groups excluding carboxylic acids is 1. The average molecular weight is 222 g/mol. The molecule has 0 bridgehead atoms. The van der Waals surface area contributed by atoms with E-state index in [1.807, 2.05) is 30.3 Å². The van der Waals surface area contributed by atoms with Gasteiger partial charge >= 0.3 is 12.0 Å². The topological polar surface area (TPSA) is 69.6 Å². The first-order chi connectivity index (χ1) is 7.59. The molecular weight excluding hydrogens is 208 g/mol. The molecule has 86 valence electrons. The van der Waals surface area contributed by atoms with E-state index in [4.69, 9.17) is 5.11 Å². The number of carboxylic acid groups (broad SMARTS) is 1. The molecule has 0 heterocycles. The third-order valence-corrected chi connectivity index (χ3v) is 2.00. The second-order valence-corrected chi connectivity index (χ2v) is 3.39. The van der Waals surface area contributed by atoms with E-state index in [1.54, 1.807) is 7.05 Å². The number of nitrogens with zero attached hydrogens (tertiary/aromatic N) is 1. The fourth-order valence-electron chi connectivity index (χ4n) is 1.22. The van der Waals surface area contributed by atoms with Gasteiger partial charge < -0.3 is 15.3 Å². The lowest BCUT2D eigenvalue weighted by molar-refractivity contribution is -0.135. The number of hydrogen-bond donors (Lipinski definition) is 2.